The van der Waals surface area contributed by atoms with Gasteiger partial charge in [0.05, 0.1) is 17.1 Å². The summed E-state index contributed by atoms with van der Waals surface area (Å²) in [5.41, 5.74) is -0.0168. The van der Waals surface area contributed by atoms with E-state index in [0.29, 0.717) is 4.47 Å². The quantitative estimate of drug-likeness (QED) is 0.751. The summed E-state index contributed by atoms with van der Waals surface area (Å²) >= 11 is 3.17. The predicted octanol–water partition coefficient (Wildman–Crippen LogP) is 2.80. The van der Waals surface area contributed by atoms with E-state index in [-0.39, 0.29) is 17.1 Å². The average molecular weight is 247 g/mol. The molecule has 0 N–H and O–H groups in total. The molecule has 4 heteroatoms. The van der Waals surface area contributed by atoms with Gasteiger partial charge in [0.1, 0.15) is 11.6 Å². The third-order valence-corrected chi connectivity index (χ3v) is 2.24. The summed E-state index contributed by atoms with van der Waals surface area (Å²) in [6.07, 6.45) is 0. The number of halogens is 2. The first-order valence-corrected chi connectivity index (χ1v) is 4.40. The zero-order chi connectivity index (χ0) is 10.0. The molecule has 2 nitrogen and oxygen atoms in total. The van der Waals surface area contributed by atoms with Gasteiger partial charge in [-0.1, -0.05) is 0 Å². The summed E-state index contributed by atoms with van der Waals surface area (Å²) in [5.74, 6) is -0.671. The largest absolute Gasteiger partial charge is 0.495 e. The lowest BCUT2D eigenvalue weighted by molar-refractivity contribution is 0.101. The molecule has 0 aliphatic heterocycles. The van der Waals surface area contributed by atoms with Crippen LogP contribution in [0.15, 0.2) is 16.6 Å². The highest BCUT2D eigenvalue weighted by Gasteiger charge is 2.16. The molecule has 0 aromatic heterocycles. The monoisotopic (exact) mass is 246 g/mol. The number of rotatable bonds is 2. The summed E-state index contributed by atoms with van der Waals surface area (Å²) in [6.45, 7) is 1.30. The van der Waals surface area contributed by atoms with E-state index in [1.807, 2.05) is 0 Å². The maximum Gasteiger partial charge on any atom is 0.166 e. The fourth-order valence-corrected chi connectivity index (χ4v) is 1.55. The standard InChI is InChI=1S/C9H8BrFO2/c1-5(12)8-7(11)4-3-6(10)9(8)13-2/h3-4H,1-2H3. The molecule has 0 aliphatic carbocycles. The van der Waals surface area contributed by atoms with Gasteiger partial charge in [0.25, 0.3) is 0 Å². The lowest BCUT2D eigenvalue weighted by Gasteiger charge is -2.08. The Kier molecular flexibility index (Phi) is 3.03. The molecule has 0 aliphatic rings. The number of ether oxygens (including phenoxy) is 1. The Morgan fingerprint density at radius 1 is 1.54 bits per heavy atom. The van der Waals surface area contributed by atoms with Crippen LogP contribution in [-0.4, -0.2) is 12.9 Å². The molecule has 1 aromatic rings. The SMILES string of the molecule is COc1c(Br)ccc(F)c1C(C)=O. The van der Waals surface area contributed by atoms with Crippen molar-refractivity contribution in [3.8, 4) is 5.75 Å². The van der Waals surface area contributed by atoms with Gasteiger partial charge in [-0.05, 0) is 35.0 Å². The van der Waals surface area contributed by atoms with Crippen LogP contribution >= 0.6 is 15.9 Å². The van der Waals surface area contributed by atoms with Crippen LogP contribution in [0.4, 0.5) is 4.39 Å². The van der Waals surface area contributed by atoms with Crippen molar-refractivity contribution in [3.63, 3.8) is 0 Å². The average Bonchev–Trinajstić information content (AvgIpc) is 2.07. The minimum absolute atomic E-state index is 0.0168. The molecule has 0 heterocycles. The van der Waals surface area contributed by atoms with E-state index in [9.17, 15) is 9.18 Å². The first kappa shape index (κ1) is 10.2. The number of carbonyl (C=O) groups is 1. The Morgan fingerprint density at radius 2 is 2.15 bits per heavy atom. The van der Waals surface area contributed by atoms with Crippen LogP contribution in [0.25, 0.3) is 0 Å². The molecule has 1 rings (SSSR count). The van der Waals surface area contributed by atoms with Crippen LogP contribution in [0.1, 0.15) is 17.3 Å². The van der Waals surface area contributed by atoms with Gasteiger partial charge in [-0.2, -0.15) is 0 Å². The van der Waals surface area contributed by atoms with Crippen LogP contribution in [0, 0.1) is 5.82 Å². The van der Waals surface area contributed by atoms with E-state index in [4.69, 9.17) is 4.74 Å². The highest BCUT2D eigenvalue weighted by Crippen LogP contribution is 2.30. The summed E-state index contributed by atoms with van der Waals surface area (Å²) < 4.78 is 18.6. The number of carbonyl (C=O) groups excluding carboxylic acids is 1. The fourth-order valence-electron chi connectivity index (χ4n) is 1.06. The fraction of sp³-hybridized carbons (Fsp3) is 0.222. The van der Waals surface area contributed by atoms with Gasteiger partial charge in [0.2, 0.25) is 0 Å². The number of hydrogen-bond donors (Lipinski definition) is 0. The molecule has 0 saturated carbocycles. The molecule has 0 bridgehead atoms. The van der Waals surface area contributed by atoms with Crippen molar-refractivity contribution < 1.29 is 13.9 Å². The number of benzene rings is 1. The maximum atomic E-state index is 13.1. The van der Waals surface area contributed by atoms with Gasteiger partial charge >= 0.3 is 0 Å². The highest BCUT2D eigenvalue weighted by molar-refractivity contribution is 9.10. The topological polar surface area (TPSA) is 26.3 Å². The van der Waals surface area contributed by atoms with E-state index >= 15 is 0 Å². The van der Waals surface area contributed by atoms with Crippen LogP contribution in [-0.2, 0) is 0 Å². The van der Waals surface area contributed by atoms with Crippen molar-refractivity contribution in [1.82, 2.24) is 0 Å². The zero-order valence-electron chi connectivity index (χ0n) is 7.23. The second-order valence-electron chi connectivity index (χ2n) is 2.49. The highest BCUT2D eigenvalue weighted by atomic mass is 79.9. The van der Waals surface area contributed by atoms with Crippen LogP contribution < -0.4 is 4.74 Å². The van der Waals surface area contributed by atoms with Gasteiger partial charge in [-0.25, -0.2) is 4.39 Å². The van der Waals surface area contributed by atoms with E-state index < -0.39 is 5.82 Å². The van der Waals surface area contributed by atoms with Crippen LogP contribution in [0.5, 0.6) is 5.75 Å². The Balaban J connectivity index is 3.43. The number of methoxy groups -OCH3 is 1. The molecule has 0 saturated heterocycles. The first-order valence-electron chi connectivity index (χ1n) is 3.61. The molecule has 0 amide bonds. The molecule has 0 spiro atoms. The Bertz CT molecular complexity index is 350. The van der Waals surface area contributed by atoms with Gasteiger partial charge in [0.15, 0.2) is 5.78 Å². The summed E-state index contributed by atoms with van der Waals surface area (Å²) in [4.78, 5) is 11.1. The molecule has 1 aromatic carbocycles. The normalized spacial score (nSPS) is 9.85. The molecule has 0 radical (unpaired) electrons. The van der Waals surface area contributed by atoms with E-state index in [0.717, 1.165) is 0 Å². The van der Waals surface area contributed by atoms with Crippen molar-refractivity contribution in [1.29, 1.82) is 0 Å². The zero-order valence-corrected chi connectivity index (χ0v) is 8.81. The maximum absolute atomic E-state index is 13.1. The van der Waals surface area contributed by atoms with E-state index in [1.165, 1.54) is 26.2 Å². The molecule has 0 fully saturated rings. The van der Waals surface area contributed by atoms with Crippen molar-refractivity contribution in [2.45, 2.75) is 6.92 Å². The predicted molar refractivity (Wildman–Crippen MR) is 50.7 cm³/mol. The van der Waals surface area contributed by atoms with Crippen LogP contribution in [0.3, 0.4) is 0 Å². The lowest BCUT2D eigenvalue weighted by Crippen LogP contribution is -2.01. The van der Waals surface area contributed by atoms with E-state index in [1.54, 1.807) is 0 Å². The molecular weight excluding hydrogens is 239 g/mol. The first-order chi connectivity index (χ1) is 6.07. The summed E-state index contributed by atoms with van der Waals surface area (Å²) in [7, 11) is 1.39. The third-order valence-electron chi connectivity index (χ3n) is 1.61. The smallest absolute Gasteiger partial charge is 0.166 e. The van der Waals surface area contributed by atoms with Crippen molar-refractivity contribution in [3.05, 3.63) is 28.0 Å². The Hall–Kier alpha value is -0.900. The Labute approximate surface area is 83.8 Å². The van der Waals surface area contributed by atoms with Crippen molar-refractivity contribution in [2.24, 2.45) is 0 Å². The summed E-state index contributed by atoms with van der Waals surface area (Å²) in [5, 5.41) is 0. The lowest BCUT2D eigenvalue weighted by atomic mass is 10.1. The Morgan fingerprint density at radius 3 is 2.54 bits per heavy atom. The second kappa shape index (κ2) is 3.87. The second-order valence-corrected chi connectivity index (χ2v) is 3.35. The van der Waals surface area contributed by atoms with Gasteiger partial charge < -0.3 is 4.74 Å². The van der Waals surface area contributed by atoms with Gasteiger partial charge in [0, 0.05) is 0 Å². The number of ketones is 1. The molecule has 70 valence electrons. The minimum Gasteiger partial charge on any atom is -0.495 e. The van der Waals surface area contributed by atoms with Crippen molar-refractivity contribution in [2.75, 3.05) is 7.11 Å². The van der Waals surface area contributed by atoms with Crippen molar-refractivity contribution >= 4 is 21.7 Å². The molecular formula is C9H8BrFO2. The molecule has 0 atom stereocenters. The molecule has 0 unspecified atom stereocenters. The summed E-state index contributed by atoms with van der Waals surface area (Å²) in [6, 6.07) is 2.73. The van der Waals surface area contributed by atoms with Gasteiger partial charge in [-0.15, -0.1) is 0 Å². The number of Topliss-reactive ketones (excluding diaryl/α,β-unsaturated/α-hetero) is 1. The minimum atomic E-state index is -0.562. The number of hydrogen-bond acceptors (Lipinski definition) is 2. The van der Waals surface area contributed by atoms with Gasteiger partial charge in [-0.3, -0.25) is 4.79 Å². The van der Waals surface area contributed by atoms with Crippen LogP contribution in [0.2, 0.25) is 0 Å². The third kappa shape index (κ3) is 1.88. The molecule has 13 heavy (non-hydrogen) atoms. The van der Waals surface area contributed by atoms with E-state index in [2.05, 4.69) is 15.9 Å².